The predicted molar refractivity (Wildman–Crippen MR) is 118 cm³/mol. The molecule has 0 atom stereocenters. The Morgan fingerprint density at radius 1 is 0.967 bits per heavy atom. The zero-order chi connectivity index (χ0) is 21.1. The number of nitrogens with zero attached hydrogens (tertiary/aromatic N) is 3. The van der Waals surface area contributed by atoms with Crippen LogP contribution in [0.15, 0.2) is 77.9 Å². The summed E-state index contributed by atoms with van der Waals surface area (Å²) in [6, 6.07) is 22.4. The van der Waals surface area contributed by atoms with E-state index in [1.165, 1.54) is 22.9 Å². The number of benzene rings is 3. The van der Waals surface area contributed by atoms with Crippen molar-refractivity contribution in [2.24, 2.45) is 5.10 Å². The number of nitrogens with one attached hydrogen (secondary N) is 1. The average Bonchev–Trinajstić information content (AvgIpc) is 3.10. The van der Waals surface area contributed by atoms with E-state index in [1.807, 2.05) is 24.3 Å². The molecule has 1 N–H and O–H groups in total. The zero-order valence-corrected chi connectivity index (χ0v) is 16.4. The highest BCUT2D eigenvalue weighted by atomic mass is 16.6. The van der Waals surface area contributed by atoms with Crippen LogP contribution >= 0.6 is 0 Å². The summed E-state index contributed by atoms with van der Waals surface area (Å²) in [5.74, 6) is -0.196. The van der Waals surface area contributed by atoms with Crippen LogP contribution in [0.2, 0.25) is 0 Å². The van der Waals surface area contributed by atoms with Crippen LogP contribution < -0.4 is 5.43 Å². The molecule has 0 saturated heterocycles. The number of amides is 1. The third kappa shape index (κ3) is 3.77. The number of nitro benzene ring substituents is 1. The summed E-state index contributed by atoms with van der Waals surface area (Å²) in [6.45, 7) is 2.28. The van der Waals surface area contributed by atoms with E-state index in [9.17, 15) is 14.9 Å². The van der Waals surface area contributed by atoms with Crippen molar-refractivity contribution in [2.45, 2.75) is 19.9 Å². The summed E-state index contributed by atoms with van der Waals surface area (Å²) in [6.07, 6.45) is 0.277. The molecule has 0 aliphatic heterocycles. The molecule has 0 aliphatic rings. The van der Waals surface area contributed by atoms with Crippen molar-refractivity contribution in [1.29, 1.82) is 0 Å². The maximum Gasteiger partial charge on any atom is 0.269 e. The Hall–Kier alpha value is -4.00. The van der Waals surface area contributed by atoms with Crippen LogP contribution in [0.1, 0.15) is 18.9 Å². The molecule has 0 unspecified atom stereocenters. The first-order chi connectivity index (χ1) is 14.5. The van der Waals surface area contributed by atoms with Crippen LogP contribution in [-0.2, 0) is 11.3 Å². The quantitative estimate of drug-likeness (QED) is 0.291. The van der Waals surface area contributed by atoms with Gasteiger partial charge in [0, 0.05) is 46.9 Å². The largest absolute Gasteiger partial charge is 0.340 e. The molecule has 7 nitrogen and oxygen atoms in total. The highest BCUT2D eigenvalue weighted by Gasteiger charge is 2.11. The molecule has 0 fully saturated rings. The Kier molecular flexibility index (Phi) is 5.26. The number of hydrazone groups is 1. The van der Waals surface area contributed by atoms with Crippen molar-refractivity contribution in [3.05, 3.63) is 88.5 Å². The zero-order valence-electron chi connectivity index (χ0n) is 16.4. The predicted octanol–water partition coefficient (Wildman–Crippen LogP) is 4.63. The van der Waals surface area contributed by atoms with E-state index >= 15 is 0 Å². The molecule has 3 aromatic carbocycles. The minimum Gasteiger partial charge on any atom is -0.340 e. The second kappa shape index (κ2) is 8.16. The molecule has 1 heterocycles. The third-order valence-electron chi connectivity index (χ3n) is 5.09. The number of nitro groups is 1. The van der Waals surface area contributed by atoms with Crippen LogP contribution in [0.3, 0.4) is 0 Å². The van der Waals surface area contributed by atoms with Gasteiger partial charge in [0.2, 0.25) is 5.91 Å². The summed E-state index contributed by atoms with van der Waals surface area (Å²) < 4.78 is 2.15. The number of carbonyl (C=O) groups excluding carboxylic acids is 1. The number of aromatic nitrogens is 1. The van der Waals surface area contributed by atoms with Gasteiger partial charge in [-0.05, 0) is 36.8 Å². The van der Waals surface area contributed by atoms with Crippen molar-refractivity contribution in [1.82, 2.24) is 9.99 Å². The molecule has 7 heteroatoms. The Morgan fingerprint density at radius 3 is 2.10 bits per heavy atom. The minimum atomic E-state index is -0.452. The normalized spacial score (nSPS) is 11.7. The van der Waals surface area contributed by atoms with E-state index in [2.05, 4.69) is 39.4 Å². The van der Waals surface area contributed by atoms with Gasteiger partial charge in [0.05, 0.1) is 10.6 Å². The number of hydrogen-bond acceptors (Lipinski definition) is 4. The molecule has 30 heavy (non-hydrogen) atoms. The van der Waals surface area contributed by atoms with E-state index in [4.69, 9.17) is 0 Å². The number of hydrogen-bond donors (Lipinski definition) is 1. The van der Waals surface area contributed by atoms with Crippen molar-refractivity contribution >= 4 is 39.1 Å². The summed E-state index contributed by atoms with van der Waals surface area (Å²) in [7, 11) is 0. The van der Waals surface area contributed by atoms with E-state index in [-0.39, 0.29) is 18.0 Å². The summed E-state index contributed by atoms with van der Waals surface area (Å²) in [5.41, 5.74) is 6.07. The lowest BCUT2D eigenvalue weighted by Crippen LogP contribution is -2.20. The fraction of sp³-hybridized carbons (Fsp3) is 0.130. The number of aryl methyl sites for hydroxylation is 1. The van der Waals surface area contributed by atoms with Gasteiger partial charge < -0.3 is 4.57 Å². The van der Waals surface area contributed by atoms with E-state index < -0.39 is 4.92 Å². The van der Waals surface area contributed by atoms with Crippen molar-refractivity contribution in [2.75, 3.05) is 0 Å². The number of non-ortho nitro benzene ring substituents is 1. The SMILES string of the molecule is C/C(=N\NC(=O)CCn1c2ccccc2c2ccccc21)c1ccc([N+](=O)[O-])cc1. The maximum absolute atomic E-state index is 12.4. The van der Waals surface area contributed by atoms with Crippen molar-refractivity contribution in [3.8, 4) is 0 Å². The highest BCUT2D eigenvalue weighted by Crippen LogP contribution is 2.28. The van der Waals surface area contributed by atoms with Gasteiger partial charge in [-0.15, -0.1) is 0 Å². The molecule has 4 rings (SSSR count). The molecule has 1 aromatic heterocycles. The first-order valence-corrected chi connectivity index (χ1v) is 9.58. The highest BCUT2D eigenvalue weighted by molar-refractivity contribution is 6.08. The van der Waals surface area contributed by atoms with Crippen molar-refractivity contribution < 1.29 is 9.72 Å². The molecule has 0 spiro atoms. The Bertz CT molecular complexity index is 1220. The van der Waals surface area contributed by atoms with Gasteiger partial charge in [-0.2, -0.15) is 5.10 Å². The Balaban J connectivity index is 1.46. The fourth-order valence-corrected chi connectivity index (χ4v) is 3.55. The molecular weight excluding hydrogens is 380 g/mol. The maximum atomic E-state index is 12.4. The van der Waals surface area contributed by atoms with Crippen LogP contribution in [0.25, 0.3) is 21.8 Å². The van der Waals surface area contributed by atoms with Gasteiger partial charge in [-0.25, -0.2) is 5.43 Å². The number of carbonyl (C=O) groups is 1. The van der Waals surface area contributed by atoms with Crippen molar-refractivity contribution in [3.63, 3.8) is 0 Å². The molecule has 150 valence electrons. The summed E-state index contributed by atoms with van der Waals surface area (Å²) >= 11 is 0. The fourth-order valence-electron chi connectivity index (χ4n) is 3.55. The van der Waals surface area contributed by atoms with Crippen LogP contribution in [-0.4, -0.2) is 21.1 Å². The lowest BCUT2D eigenvalue weighted by molar-refractivity contribution is -0.384. The first kappa shape index (κ1) is 19.3. The standard InChI is InChI=1S/C23H20N4O3/c1-16(17-10-12-18(13-11-17)27(29)30)24-25-23(28)14-15-26-21-8-4-2-6-19(21)20-7-3-5-9-22(20)26/h2-13H,14-15H2,1H3,(H,25,28)/b24-16+. The molecule has 0 bridgehead atoms. The van der Waals surface area contributed by atoms with E-state index in [0.717, 1.165) is 11.0 Å². The lowest BCUT2D eigenvalue weighted by Gasteiger charge is -2.07. The second-order valence-electron chi connectivity index (χ2n) is 6.97. The van der Waals surface area contributed by atoms with Gasteiger partial charge >= 0.3 is 0 Å². The minimum absolute atomic E-state index is 0.0155. The number of rotatable bonds is 6. The Labute approximate surface area is 172 Å². The van der Waals surface area contributed by atoms with Gasteiger partial charge in [-0.1, -0.05) is 36.4 Å². The van der Waals surface area contributed by atoms with Gasteiger partial charge in [0.15, 0.2) is 0 Å². The lowest BCUT2D eigenvalue weighted by atomic mass is 10.1. The van der Waals surface area contributed by atoms with E-state index in [1.54, 1.807) is 19.1 Å². The molecule has 1 amide bonds. The second-order valence-corrected chi connectivity index (χ2v) is 6.97. The van der Waals surface area contributed by atoms with Gasteiger partial charge in [0.1, 0.15) is 0 Å². The topological polar surface area (TPSA) is 89.5 Å². The summed E-state index contributed by atoms with van der Waals surface area (Å²) in [4.78, 5) is 22.7. The summed E-state index contributed by atoms with van der Waals surface area (Å²) in [5, 5.41) is 17.2. The molecule has 0 aliphatic carbocycles. The third-order valence-corrected chi connectivity index (χ3v) is 5.09. The average molecular weight is 400 g/mol. The number of para-hydroxylation sites is 2. The molecule has 0 radical (unpaired) electrons. The smallest absolute Gasteiger partial charge is 0.269 e. The monoisotopic (exact) mass is 400 g/mol. The van der Waals surface area contributed by atoms with Gasteiger partial charge in [0.25, 0.3) is 5.69 Å². The Morgan fingerprint density at radius 2 is 1.53 bits per heavy atom. The molecule has 0 saturated carbocycles. The van der Waals surface area contributed by atoms with Gasteiger partial charge in [-0.3, -0.25) is 14.9 Å². The molecular formula is C23H20N4O3. The molecule has 4 aromatic rings. The van der Waals surface area contributed by atoms with Crippen LogP contribution in [0.5, 0.6) is 0 Å². The van der Waals surface area contributed by atoms with Crippen LogP contribution in [0.4, 0.5) is 5.69 Å². The number of fused-ring (bicyclic) bond motifs is 3. The van der Waals surface area contributed by atoms with E-state index in [0.29, 0.717) is 17.8 Å². The van der Waals surface area contributed by atoms with Crippen LogP contribution in [0, 0.1) is 10.1 Å². The first-order valence-electron chi connectivity index (χ1n) is 9.58.